The molecule has 49 heavy (non-hydrogen) atoms. The summed E-state index contributed by atoms with van der Waals surface area (Å²) in [7, 11) is -3.92. The molecule has 0 amide bonds. The van der Waals surface area contributed by atoms with Gasteiger partial charge in [0.2, 0.25) is 0 Å². The highest BCUT2D eigenvalue weighted by Crippen LogP contribution is 2.68. The van der Waals surface area contributed by atoms with Gasteiger partial charge in [0.1, 0.15) is 18.0 Å². The molecule has 1 aromatic carbocycles. The number of ether oxygens (including phenoxy) is 2. The monoisotopic (exact) mass is 700 g/mol. The molecule has 9 heteroatoms. The van der Waals surface area contributed by atoms with Crippen molar-refractivity contribution in [2.45, 2.75) is 143 Å². The van der Waals surface area contributed by atoms with Gasteiger partial charge in [-0.15, -0.1) is 0 Å². The summed E-state index contributed by atoms with van der Waals surface area (Å²) >= 11 is 0. The summed E-state index contributed by atoms with van der Waals surface area (Å²) in [5, 5.41) is 0. The molecule has 1 aromatic rings. The lowest BCUT2D eigenvalue weighted by molar-refractivity contribution is -0.183. The van der Waals surface area contributed by atoms with Gasteiger partial charge >= 0.3 is 11.9 Å². The zero-order chi connectivity index (χ0) is 36.1. The van der Waals surface area contributed by atoms with Gasteiger partial charge in [-0.1, -0.05) is 59.2 Å². The Morgan fingerprint density at radius 2 is 1.47 bits per heavy atom. The summed E-state index contributed by atoms with van der Waals surface area (Å²) in [6.45, 7) is 18.0. The maximum absolute atomic E-state index is 14.1. The Kier molecular flexibility index (Phi) is 11.2. The lowest BCUT2D eigenvalue weighted by Crippen LogP contribution is -2.58. The number of Topliss-reactive ketones (excluding diaryl/α,β-unsaturated/α-hetero) is 1. The molecule has 0 heterocycles. The second kappa shape index (κ2) is 14.4. The number of hydrogen-bond donors (Lipinski definition) is 0. The topological polar surface area (TPSA) is 113 Å². The fourth-order valence-corrected chi connectivity index (χ4v) is 12.6. The zero-order valence-corrected chi connectivity index (χ0v) is 32.0. The number of carbonyl (C=O) groups excluding carboxylic acids is 3. The van der Waals surface area contributed by atoms with E-state index >= 15 is 0 Å². The number of fused-ring (bicyclic) bond motifs is 5. The van der Waals surface area contributed by atoms with Crippen LogP contribution in [0.4, 0.5) is 0 Å². The molecule has 4 fully saturated rings. The van der Waals surface area contributed by atoms with Crippen LogP contribution in [0.1, 0.15) is 119 Å². The molecule has 0 saturated heterocycles. The normalized spacial score (nSPS) is 35.3. The van der Waals surface area contributed by atoms with Crippen molar-refractivity contribution in [2.24, 2.45) is 58.2 Å². The maximum Gasteiger partial charge on any atom is 0.303 e. The van der Waals surface area contributed by atoms with Crippen molar-refractivity contribution in [3.63, 3.8) is 0 Å². The Bertz CT molecular complexity index is 1490. The quantitative estimate of drug-likeness (QED) is 0.168. The molecule has 4 aliphatic rings. The van der Waals surface area contributed by atoms with Crippen molar-refractivity contribution in [3.8, 4) is 0 Å². The first kappa shape index (κ1) is 38.0. The second-order valence-electron chi connectivity index (χ2n) is 16.9. The van der Waals surface area contributed by atoms with E-state index in [1.54, 1.807) is 24.3 Å². The van der Waals surface area contributed by atoms with Crippen LogP contribution in [0.5, 0.6) is 0 Å². The smallest absolute Gasteiger partial charge is 0.303 e. The lowest BCUT2D eigenvalue weighted by Gasteiger charge is -2.60. The van der Waals surface area contributed by atoms with E-state index in [1.807, 2.05) is 6.92 Å². The van der Waals surface area contributed by atoms with E-state index in [0.717, 1.165) is 44.1 Å². The molecule has 12 atom stereocenters. The number of hydrogen-bond acceptors (Lipinski definition) is 8. The third kappa shape index (κ3) is 7.27. The SMILES string of the molecule is CC[C@@H](C(C)C)[C@H](OC(C)=O)[C@@H](OC(C)=O)[C@@H](C)[C@H]1CC[C@H]2[C@@H]3CC(=O)[C@H]4C[C@@H](OS(=O)(=O)c5ccc(C)cc5)CC[C@]4(C)[C@H]3CC[C@]12C. The van der Waals surface area contributed by atoms with Crippen molar-refractivity contribution in [3.05, 3.63) is 29.8 Å². The van der Waals surface area contributed by atoms with Gasteiger partial charge in [0, 0.05) is 38.0 Å². The highest BCUT2D eigenvalue weighted by molar-refractivity contribution is 7.86. The van der Waals surface area contributed by atoms with E-state index in [4.69, 9.17) is 13.7 Å². The molecular weight excluding hydrogens is 640 g/mol. The number of benzene rings is 1. The van der Waals surface area contributed by atoms with Crippen LogP contribution in [-0.2, 0) is 38.2 Å². The van der Waals surface area contributed by atoms with Crippen molar-refractivity contribution in [2.75, 3.05) is 0 Å². The molecule has 0 radical (unpaired) electrons. The van der Waals surface area contributed by atoms with Gasteiger partial charge in [-0.3, -0.25) is 18.6 Å². The summed E-state index contributed by atoms with van der Waals surface area (Å²) in [6, 6.07) is 6.71. The van der Waals surface area contributed by atoms with Crippen LogP contribution < -0.4 is 0 Å². The minimum Gasteiger partial charge on any atom is -0.458 e. The predicted molar refractivity (Wildman–Crippen MR) is 188 cm³/mol. The van der Waals surface area contributed by atoms with E-state index in [-0.39, 0.29) is 69.0 Å². The van der Waals surface area contributed by atoms with Gasteiger partial charge in [0.15, 0.2) is 0 Å². The summed E-state index contributed by atoms with van der Waals surface area (Å²) in [6.07, 6.45) is 5.64. The molecular formula is C40H60O8S. The van der Waals surface area contributed by atoms with Crippen LogP contribution in [-0.4, -0.2) is 44.5 Å². The van der Waals surface area contributed by atoms with Crippen LogP contribution in [0.25, 0.3) is 0 Å². The first-order chi connectivity index (χ1) is 22.9. The van der Waals surface area contributed by atoms with Crippen LogP contribution in [0.3, 0.4) is 0 Å². The van der Waals surface area contributed by atoms with Gasteiger partial charge in [-0.25, -0.2) is 0 Å². The van der Waals surface area contributed by atoms with Crippen molar-refractivity contribution in [1.29, 1.82) is 0 Å². The van der Waals surface area contributed by atoms with E-state index in [1.165, 1.54) is 13.8 Å². The summed E-state index contributed by atoms with van der Waals surface area (Å²) in [5.41, 5.74) is 0.753. The van der Waals surface area contributed by atoms with Crippen molar-refractivity contribution < 1.29 is 36.5 Å². The molecule has 4 aliphatic carbocycles. The lowest BCUT2D eigenvalue weighted by atomic mass is 9.44. The Morgan fingerprint density at radius 3 is 2.06 bits per heavy atom. The van der Waals surface area contributed by atoms with E-state index < -0.39 is 28.4 Å². The van der Waals surface area contributed by atoms with Crippen molar-refractivity contribution >= 4 is 27.8 Å². The summed E-state index contributed by atoms with van der Waals surface area (Å²) < 4.78 is 44.2. The fraction of sp³-hybridized carbons (Fsp3) is 0.775. The number of esters is 2. The van der Waals surface area contributed by atoms with Gasteiger partial charge in [0.05, 0.1) is 11.0 Å². The predicted octanol–water partition coefficient (Wildman–Crippen LogP) is 8.09. The second-order valence-corrected chi connectivity index (χ2v) is 18.5. The largest absolute Gasteiger partial charge is 0.458 e. The molecule has 8 nitrogen and oxygen atoms in total. The molecule has 0 N–H and O–H groups in total. The van der Waals surface area contributed by atoms with Crippen LogP contribution in [0.15, 0.2) is 29.2 Å². The molecule has 5 rings (SSSR count). The standard InChI is InChI=1S/C40H60O8S/c1-10-30(23(2)3)38(47-27(7)42)37(46-26(6)41)25(5)32-15-16-33-31-22-36(43)35-21-28(48-49(44,45)29-13-11-24(4)12-14-29)17-19-40(35,9)34(31)18-20-39(32,33)8/h11-14,23,25,28,30-35,37-38H,10,15-22H2,1-9H3/t25-,28-,30-,31-,32+,33-,34-,35+,37-,38-,39+,40+/m0/s1. The maximum atomic E-state index is 14.1. The van der Waals surface area contributed by atoms with Gasteiger partial charge < -0.3 is 9.47 Å². The highest BCUT2D eigenvalue weighted by atomic mass is 32.2. The van der Waals surface area contributed by atoms with Gasteiger partial charge in [-0.05, 0) is 111 Å². The first-order valence-corrected chi connectivity index (χ1v) is 20.2. The van der Waals surface area contributed by atoms with Gasteiger partial charge in [-0.2, -0.15) is 8.42 Å². The third-order valence-electron chi connectivity index (χ3n) is 13.9. The first-order valence-electron chi connectivity index (χ1n) is 18.8. The molecule has 0 aromatic heterocycles. The van der Waals surface area contributed by atoms with Crippen LogP contribution in [0.2, 0.25) is 0 Å². The van der Waals surface area contributed by atoms with Gasteiger partial charge in [0.25, 0.3) is 10.1 Å². The minimum atomic E-state index is -3.92. The highest BCUT2D eigenvalue weighted by Gasteiger charge is 2.63. The number of aryl methyl sites for hydroxylation is 1. The molecule has 4 saturated carbocycles. The Hall–Kier alpha value is -2.26. The average Bonchev–Trinajstić information content (AvgIpc) is 3.37. The van der Waals surface area contributed by atoms with E-state index in [0.29, 0.717) is 31.1 Å². The molecule has 0 unspecified atom stereocenters. The summed E-state index contributed by atoms with van der Waals surface area (Å²) in [4.78, 5) is 39.2. The van der Waals surface area contributed by atoms with Crippen molar-refractivity contribution in [1.82, 2.24) is 0 Å². The molecule has 0 bridgehead atoms. The third-order valence-corrected chi connectivity index (χ3v) is 15.3. The summed E-state index contributed by atoms with van der Waals surface area (Å²) in [5.74, 6) is 0.868. The van der Waals surface area contributed by atoms with Crippen LogP contribution in [0, 0.1) is 65.1 Å². The van der Waals surface area contributed by atoms with Crippen LogP contribution >= 0.6 is 0 Å². The number of rotatable bonds is 11. The van der Waals surface area contributed by atoms with E-state index in [9.17, 15) is 22.8 Å². The zero-order valence-electron chi connectivity index (χ0n) is 31.2. The average molecular weight is 701 g/mol. The number of ketones is 1. The molecule has 274 valence electrons. The van der Waals surface area contributed by atoms with E-state index in [2.05, 4.69) is 41.5 Å². The Morgan fingerprint density at radius 1 is 0.878 bits per heavy atom. The molecule has 0 spiro atoms. The fourth-order valence-electron chi connectivity index (χ4n) is 11.5. The number of carbonyl (C=O) groups is 3. The minimum absolute atomic E-state index is 0.0294. The molecule has 0 aliphatic heterocycles. The Labute approximate surface area is 294 Å². The Balaban J connectivity index is 1.35.